The Hall–Kier alpha value is -1.47. The van der Waals surface area contributed by atoms with Crippen molar-refractivity contribution in [1.82, 2.24) is 0 Å². The molecular formula is C13H10ClO. The van der Waals surface area contributed by atoms with Crippen LogP contribution in [0.4, 0.5) is 0 Å². The second-order valence-corrected chi connectivity index (χ2v) is 3.53. The fraction of sp³-hybridized carbons (Fsp3) is 0.0769. The van der Waals surface area contributed by atoms with Gasteiger partial charge >= 0.3 is 0 Å². The van der Waals surface area contributed by atoms with Gasteiger partial charge in [-0.25, -0.2) is 0 Å². The van der Waals surface area contributed by atoms with Crippen molar-refractivity contribution >= 4 is 11.6 Å². The predicted molar refractivity (Wildman–Crippen MR) is 61.1 cm³/mol. The second-order valence-electron chi connectivity index (χ2n) is 3.12. The first-order chi connectivity index (χ1) is 7.36. The van der Waals surface area contributed by atoms with Gasteiger partial charge in [0.25, 0.3) is 0 Å². The molecule has 0 amide bonds. The summed E-state index contributed by atoms with van der Waals surface area (Å²) in [6, 6.07) is 18.3. The van der Waals surface area contributed by atoms with Crippen LogP contribution in [0.15, 0.2) is 48.5 Å². The first kappa shape index (κ1) is 10.1. The largest absolute Gasteiger partial charge is 0.487 e. The van der Waals surface area contributed by atoms with Gasteiger partial charge in [-0.05, 0) is 11.6 Å². The summed E-state index contributed by atoms with van der Waals surface area (Å²) in [5.41, 5.74) is 1.12. The topological polar surface area (TPSA) is 9.23 Å². The summed E-state index contributed by atoms with van der Waals surface area (Å²) >= 11 is 5.93. The van der Waals surface area contributed by atoms with Gasteiger partial charge in [-0.1, -0.05) is 54.1 Å². The Bertz CT molecular complexity index is 426. The molecule has 1 radical (unpaired) electrons. The van der Waals surface area contributed by atoms with Crippen LogP contribution in [-0.2, 0) is 6.61 Å². The molecule has 0 aliphatic heterocycles. The number of ether oxygens (including phenoxy) is 1. The first-order valence-corrected chi connectivity index (χ1v) is 5.07. The Morgan fingerprint density at radius 2 is 1.87 bits per heavy atom. The van der Waals surface area contributed by atoms with Gasteiger partial charge in [0, 0.05) is 6.07 Å². The molecule has 0 heterocycles. The van der Waals surface area contributed by atoms with Crippen LogP contribution in [0.25, 0.3) is 0 Å². The van der Waals surface area contributed by atoms with Crippen LogP contribution in [0.2, 0.25) is 5.02 Å². The van der Waals surface area contributed by atoms with Crippen LogP contribution in [0, 0.1) is 6.07 Å². The van der Waals surface area contributed by atoms with Crippen LogP contribution in [0.3, 0.4) is 0 Å². The monoisotopic (exact) mass is 217 g/mol. The molecule has 0 aromatic heterocycles. The molecule has 75 valence electrons. The second kappa shape index (κ2) is 4.85. The number of benzene rings is 2. The zero-order valence-corrected chi connectivity index (χ0v) is 8.87. The summed E-state index contributed by atoms with van der Waals surface area (Å²) in [4.78, 5) is 0. The highest BCUT2D eigenvalue weighted by Gasteiger charge is 1.99. The van der Waals surface area contributed by atoms with Crippen molar-refractivity contribution in [3.8, 4) is 5.75 Å². The summed E-state index contributed by atoms with van der Waals surface area (Å²) in [6.45, 7) is 0.515. The van der Waals surface area contributed by atoms with Crippen molar-refractivity contribution in [2.24, 2.45) is 0 Å². The lowest BCUT2D eigenvalue weighted by molar-refractivity contribution is 0.306. The van der Waals surface area contributed by atoms with E-state index in [0.29, 0.717) is 17.4 Å². The van der Waals surface area contributed by atoms with E-state index in [1.54, 1.807) is 12.1 Å². The normalized spacial score (nSPS) is 9.93. The van der Waals surface area contributed by atoms with Crippen LogP contribution < -0.4 is 4.74 Å². The molecule has 0 saturated carbocycles. The van der Waals surface area contributed by atoms with Crippen LogP contribution in [-0.4, -0.2) is 0 Å². The minimum absolute atomic E-state index is 0.515. The molecule has 2 aromatic carbocycles. The van der Waals surface area contributed by atoms with E-state index >= 15 is 0 Å². The average Bonchev–Trinajstić information content (AvgIpc) is 2.29. The lowest BCUT2D eigenvalue weighted by Crippen LogP contribution is -1.95. The zero-order chi connectivity index (χ0) is 10.5. The molecule has 0 unspecified atom stereocenters. The van der Waals surface area contributed by atoms with Crippen LogP contribution in [0.5, 0.6) is 5.75 Å². The molecule has 0 spiro atoms. The molecule has 2 aromatic rings. The Morgan fingerprint density at radius 3 is 2.60 bits per heavy atom. The fourth-order valence-electron chi connectivity index (χ4n) is 1.24. The van der Waals surface area contributed by atoms with Crippen molar-refractivity contribution in [3.63, 3.8) is 0 Å². The summed E-state index contributed by atoms with van der Waals surface area (Å²) in [5, 5.41) is 0.591. The maximum absolute atomic E-state index is 5.93. The quantitative estimate of drug-likeness (QED) is 0.762. The van der Waals surface area contributed by atoms with Gasteiger partial charge in [0.15, 0.2) is 0 Å². The van der Waals surface area contributed by atoms with E-state index in [1.165, 1.54) is 0 Å². The van der Waals surface area contributed by atoms with Crippen LogP contribution in [0.1, 0.15) is 5.56 Å². The van der Waals surface area contributed by atoms with Gasteiger partial charge in [0.2, 0.25) is 0 Å². The van der Waals surface area contributed by atoms with Crippen molar-refractivity contribution < 1.29 is 4.74 Å². The maximum atomic E-state index is 5.93. The predicted octanol–water partition coefficient (Wildman–Crippen LogP) is 3.72. The summed E-state index contributed by atoms with van der Waals surface area (Å²) in [5.74, 6) is 0.600. The Kier molecular flexibility index (Phi) is 3.25. The van der Waals surface area contributed by atoms with Crippen molar-refractivity contribution in [2.75, 3.05) is 0 Å². The third-order valence-corrected chi connectivity index (χ3v) is 2.29. The maximum Gasteiger partial charge on any atom is 0.146 e. The Balaban J connectivity index is 2.03. The van der Waals surface area contributed by atoms with E-state index in [0.717, 1.165) is 5.56 Å². The molecular weight excluding hydrogens is 208 g/mol. The summed E-state index contributed by atoms with van der Waals surface area (Å²) < 4.78 is 5.54. The molecule has 0 bridgehead atoms. The number of hydrogen-bond donors (Lipinski definition) is 0. The molecule has 0 saturated heterocycles. The van der Waals surface area contributed by atoms with Gasteiger partial charge in [-0.15, -0.1) is 0 Å². The highest BCUT2D eigenvalue weighted by atomic mass is 35.5. The minimum atomic E-state index is 0.515. The van der Waals surface area contributed by atoms with Crippen molar-refractivity contribution in [3.05, 3.63) is 65.2 Å². The minimum Gasteiger partial charge on any atom is -0.487 e. The molecule has 2 heteroatoms. The molecule has 1 nitrogen and oxygen atoms in total. The zero-order valence-electron chi connectivity index (χ0n) is 8.11. The van der Waals surface area contributed by atoms with E-state index in [1.807, 2.05) is 36.4 Å². The lowest BCUT2D eigenvalue weighted by Gasteiger charge is -2.06. The smallest absolute Gasteiger partial charge is 0.146 e. The van der Waals surface area contributed by atoms with Gasteiger partial charge < -0.3 is 4.74 Å². The van der Waals surface area contributed by atoms with E-state index in [-0.39, 0.29) is 0 Å². The fourth-order valence-corrected chi connectivity index (χ4v) is 1.42. The molecule has 15 heavy (non-hydrogen) atoms. The third-order valence-electron chi connectivity index (χ3n) is 2.00. The molecule has 0 fully saturated rings. The van der Waals surface area contributed by atoms with E-state index in [4.69, 9.17) is 16.3 Å². The van der Waals surface area contributed by atoms with Crippen LogP contribution >= 0.6 is 11.6 Å². The highest BCUT2D eigenvalue weighted by Crippen LogP contribution is 2.23. The van der Waals surface area contributed by atoms with Gasteiger partial charge in [0.05, 0.1) is 5.02 Å². The van der Waals surface area contributed by atoms with Crippen molar-refractivity contribution in [1.29, 1.82) is 0 Å². The number of rotatable bonds is 3. The molecule has 0 N–H and O–H groups in total. The highest BCUT2D eigenvalue weighted by molar-refractivity contribution is 6.31. The molecule has 0 atom stereocenters. The number of hydrogen-bond acceptors (Lipinski definition) is 1. The van der Waals surface area contributed by atoms with Gasteiger partial charge in [0.1, 0.15) is 12.4 Å². The van der Waals surface area contributed by atoms with Gasteiger partial charge in [-0.3, -0.25) is 0 Å². The molecule has 0 aliphatic rings. The summed E-state index contributed by atoms with van der Waals surface area (Å²) in [6.07, 6.45) is 0. The van der Waals surface area contributed by atoms with E-state index < -0.39 is 0 Å². The molecule has 0 aliphatic carbocycles. The first-order valence-electron chi connectivity index (χ1n) is 4.69. The van der Waals surface area contributed by atoms with Gasteiger partial charge in [-0.2, -0.15) is 0 Å². The van der Waals surface area contributed by atoms with E-state index in [9.17, 15) is 0 Å². The van der Waals surface area contributed by atoms with E-state index in [2.05, 4.69) is 6.07 Å². The standard InChI is InChI=1S/C13H10ClO/c14-12-8-4-5-9-13(12)15-10-11-6-2-1-3-7-11/h1-8H,10H2. The number of para-hydroxylation sites is 1. The number of halogens is 1. The Labute approximate surface area is 94.3 Å². The SMILES string of the molecule is Clc1ccc[c]c1OCc1ccccc1. The Morgan fingerprint density at radius 1 is 1.07 bits per heavy atom. The third kappa shape index (κ3) is 2.74. The average molecular weight is 218 g/mol. The lowest BCUT2D eigenvalue weighted by atomic mass is 10.2. The van der Waals surface area contributed by atoms with Crippen molar-refractivity contribution in [2.45, 2.75) is 6.61 Å². The molecule has 2 rings (SSSR count). The summed E-state index contributed by atoms with van der Waals surface area (Å²) in [7, 11) is 0.